The maximum Gasteiger partial charge on any atom is 0.322 e. The molecule has 0 unspecified atom stereocenters. The maximum absolute atomic E-state index is 12.4. The lowest BCUT2D eigenvalue weighted by atomic mass is 10.1. The summed E-state index contributed by atoms with van der Waals surface area (Å²) in [4.78, 5) is 22.8. The minimum atomic E-state index is -0.614. The molecule has 0 radical (unpaired) electrons. The third-order valence-electron chi connectivity index (χ3n) is 3.80. The van der Waals surface area contributed by atoms with Crippen LogP contribution in [0, 0.1) is 17.0 Å². The van der Waals surface area contributed by atoms with Gasteiger partial charge in [0.15, 0.2) is 0 Å². The van der Waals surface area contributed by atoms with E-state index in [1.54, 1.807) is 17.8 Å². The Labute approximate surface area is 142 Å². The average molecular weight is 340 g/mol. The van der Waals surface area contributed by atoms with Crippen LogP contribution in [0.25, 0.3) is 5.69 Å². The van der Waals surface area contributed by atoms with Gasteiger partial charge in [0.2, 0.25) is 5.69 Å². The van der Waals surface area contributed by atoms with E-state index in [1.165, 1.54) is 6.92 Å². The van der Waals surface area contributed by atoms with Crippen LogP contribution in [0.3, 0.4) is 0 Å². The molecule has 1 atom stereocenters. The minimum absolute atomic E-state index is 0.224. The second-order valence-electron chi connectivity index (χ2n) is 5.54. The molecule has 3 rings (SSSR count). The second kappa shape index (κ2) is 6.56. The SMILES string of the molecule is Cc1[nH]nc(C(=O)N[C@H](C)c2cccc(-n3cccn3)c2)c1[N+](=O)[O-]. The van der Waals surface area contributed by atoms with E-state index < -0.39 is 10.8 Å². The van der Waals surface area contributed by atoms with Gasteiger partial charge in [-0.2, -0.15) is 10.2 Å². The van der Waals surface area contributed by atoms with Crippen molar-refractivity contribution in [2.75, 3.05) is 0 Å². The third kappa shape index (κ3) is 3.25. The van der Waals surface area contributed by atoms with Gasteiger partial charge in [-0.3, -0.25) is 20.0 Å². The zero-order valence-electron chi connectivity index (χ0n) is 13.6. The number of benzene rings is 1. The highest BCUT2D eigenvalue weighted by Crippen LogP contribution is 2.22. The number of hydrogen-bond donors (Lipinski definition) is 2. The number of aromatic amines is 1. The summed E-state index contributed by atoms with van der Waals surface area (Å²) in [5.41, 5.74) is 1.40. The van der Waals surface area contributed by atoms with E-state index in [2.05, 4.69) is 20.6 Å². The summed E-state index contributed by atoms with van der Waals surface area (Å²) in [5, 5.41) is 24.2. The molecule has 9 heteroatoms. The molecule has 2 heterocycles. The van der Waals surface area contributed by atoms with Crippen LogP contribution < -0.4 is 5.32 Å². The number of H-pyrrole nitrogens is 1. The van der Waals surface area contributed by atoms with Gasteiger partial charge in [-0.25, -0.2) is 4.68 Å². The molecule has 9 nitrogen and oxygen atoms in total. The maximum atomic E-state index is 12.4. The number of aromatic nitrogens is 4. The van der Waals surface area contributed by atoms with Gasteiger partial charge in [-0.05, 0) is 37.6 Å². The standard InChI is InChI=1S/C16H16N6O3/c1-10(12-5-3-6-13(9-12)21-8-4-7-17-21)18-16(23)14-15(22(24)25)11(2)19-20-14/h3-10H,1-2H3,(H,18,23)(H,19,20)/t10-/m1/s1. The Morgan fingerprint density at radius 3 is 2.88 bits per heavy atom. The number of amides is 1. The highest BCUT2D eigenvalue weighted by atomic mass is 16.6. The quantitative estimate of drug-likeness (QED) is 0.545. The number of nitrogens with one attached hydrogen (secondary N) is 2. The van der Waals surface area contributed by atoms with Crippen LogP contribution in [0.2, 0.25) is 0 Å². The topological polar surface area (TPSA) is 119 Å². The van der Waals surface area contributed by atoms with Crippen molar-refractivity contribution in [2.24, 2.45) is 0 Å². The summed E-state index contributed by atoms with van der Waals surface area (Å²) in [5.74, 6) is -0.604. The molecule has 2 aromatic heterocycles. The lowest BCUT2D eigenvalue weighted by Gasteiger charge is -2.14. The highest BCUT2D eigenvalue weighted by Gasteiger charge is 2.28. The molecule has 0 saturated heterocycles. The Hall–Kier alpha value is -3.49. The first kappa shape index (κ1) is 16.4. The van der Waals surface area contributed by atoms with Gasteiger partial charge in [0, 0.05) is 12.4 Å². The molecular weight excluding hydrogens is 324 g/mol. The van der Waals surface area contributed by atoms with Gasteiger partial charge in [-0.15, -0.1) is 0 Å². The Bertz CT molecular complexity index is 916. The van der Waals surface area contributed by atoms with Gasteiger partial charge in [0.05, 0.1) is 16.7 Å². The van der Waals surface area contributed by atoms with Gasteiger partial charge in [0.1, 0.15) is 5.69 Å². The van der Waals surface area contributed by atoms with Gasteiger partial charge < -0.3 is 5.32 Å². The van der Waals surface area contributed by atoms with Crippen LogP contribution in [-0.2, 0) is 0 Å². The number of rotatable bonds is 5. The summed E-state index contributed by atoms with van der Waals surface area (Å²) in [6.07, 6.45) is 3.50. The molecule has 0 aliphatic heterocycles. The van der Waals surface area contributed by atoms with Crippen LogP contribution in [-0.4, -0.2) is 30.8 Å². The van der Waals surface area contributed by atoms with Crippen molar-refractivity contribution in [3.63, 3.8) is 0 Å². The second-order valence-corrected chi connectivity index (χ2v) is 5.54. The minimum Gasteiger partial charge on any atom is -0.344 e. The van der Waals surface area contributed by atoms with Crippen LogP contribution in [0.4, 0.5) is 5.69 Å². The molecule has 2 N–H and O–H groups in total. The van der Waals surface area contributed by atoms with Crippen LogP contribution in [0.1, 0.15) is 34.7 Å². The average Bonchev–Trinajstić information content (AvgIpc) is 3.24. The lowest BCUT2D eigenvalue weighted by Crippen LogP contribution is -2.27. The first-order valence-electron chi connectivity index (χ1n) is 7.57. The molecule has 0 fully saturated rings. The van der Waals surface area contributed by atoms with Crippen molar-refractivity contribution < 1.29 is 9.72 Å². The normalized spacial score (nSPS) is 11.9. The van der Waals surface area contributed by atoms with Crippen molar-refractivity contribution >= 4 is 11.6 Å². The Kier molecular flexibility index (Phi) is 4.29. The molecule has 0 aliphatic rings. The van der Waals surface area contributed by atoms with Crippen LogP contribution in [0.15, 0.2) is 42.7 Å². The van der Waals surface area contributed by atoms with E-state index in [4.69, 9.17) is 0 Å². The molecule has 0 bridgehead atoms. The van der Waals surface area contributed by atoms with E-state index in [9.17, 15) is 14.9 Å². The van der Waals surface area contributed by atoms with Gasteiger partial charge in [-0.1, -0.05) is 12.1 Å². The molecule has 0 spiro atoms. The zero-order valence-corrected chi connectivity index (χ0v) is 13.6. The van der Waals surface area contributed by atoms with Crippen molar-refractivity contribution in [1.82, 2.24) is 25.3 Å². The van der Waals surface area contributed by atoms with Crippen LogP contribution >= 0.6 is 0 Å². The third-order valence-corrected chi connectivity index (χ3v) is 3.80. The molecule has 0 aliphatic carbocycles. The molecule has 1 amide bonds. The van der Waals surface area contributed by atoms with E-state index >= 15 is 0 Å². The van der Waals surface area contributed by atoms with E-state index in [0.29, 0.717) is 0 Å². The van der Waals surface area contributed by atoms with Gasteiger partial charge >= 0.3 is 5.69 Å². The molecule has 128 valence electrons. The van der Waals surface area contributed by atoms with E-state index in [1.807, 2.05) is 36.5 Å². The fourth-order valence-corrected chi connectivity index (χ4v) is 2.51. The number of aryl methyl sites for hydroxylation is 1. The smallest absolute Gasteiger partial charge is 0.322 e. The predicted octanol–water partition coefficient (Wildman–Crippen LogP) is 2.30. The molecule has 1 aromatic carbocycles. The number of hydrogen-bond acceptors (Lipinski definition) is 5. The predicted molar refractivity (Wildman–Crippen MR) is 89.4 cm³/mol. The number of carbonyl (C=O) groups is 1. The zero-order chi connectivity index (χ0) is 18.0. The Morgan fingerprint density at radius 1 is 1.40 bits per heavy atom. The van der Waals surface area contributed by atoms with Crippen molar-refractivity contribution in [2.45, 2.75) is 19.9 Å². The van der Waals surface area contributed by atoms with Crippen molar-refractivity contribution in [3.05, 3.63) is 69.8 Å². The fourth-order valence-electron chi connectivity index (χ4n) is 2.51. The Morgan fingerprint density at radius 2 is 2.20 bits per heavy atom. The fraction of sp³-hybridized carbons (Fsp3) is 0.188. The molecular formula is C16H16N6O3. The van der Waals surface area contributed by atoms with Crippen LogP contribution in [0.5, 0.6) is 0 Å². The number of carbonyl (C=O) groups excluding carboxylic acids is 1. The number of nitrogens with zero attached hydrogens (tertiary/aromatic N) is 4. The lowest BCUT2D eigenvalue weighted by molar-refractivity contribution is -0.385. The summed E-state index contributed by atoms with van der Waals surface area (Å²) >= 11 is 0. The first-order valence-corrected chi connectivity index (χ1v) is 7.57. The first-order chi connectivity index (χ1) is 12.0. The van der Waals surface area contributed by atoms with E-state index in [-0.39, 0.29) is 23.1 Å². The summed E-state index contributed by atoms with van der Waals surface area (Å²) in [7, 11) is 0. The Balaban J connectivity index is 1.81. The van der Waals surface area contributed by atoms with Gasteiger partial charge in [0.25, 0.3) is 5.91 Å². The van der Waals surface area contributed by atoms with Crippen molar-refractivity contribution in [3.8, 4) is 5.69 Å². The summed E-state index contributed by atoms with van der Waals surface area (Å²) < 4.78 is 1.71. The highest BCUT2D eigenvalue weighted by molar-refractivity contribution is 5.96. The summed E-state index contributed by atoms with van der Waals surface area (Å²) in [6, 6.07) is 8.96. The molecule has 0 saturated carbocycles. The monoisotopic (exact) mass is 340 g/mol. The largest absolute Gasteiger partial charge is 0.344 e. The summed E-state index contributed by atoms with van der Waals surface area (Å²) in [6.45, 7) is 3.30. The van der Waals surface area contributed by atoms with E-state index in [0.717, 1.165) is 11.3 Å². The van der Waals surface area contributed by atoms with Crippen molar-refractivity contribution in [1.29, 1.82) is 0 Å². The molecule has 25 heavy (non-hydrogen) atoms. The molecule has 3 aromatic rings. The number of nitro groups is 1.